The van der Waals surface area contributed by atoms with Gasteiger partial charge in [0, 0.05) is 0 Å². The molecule has 0 radical (unpaired) electrons. The van der Waals surface area contributed by atoms with E-state index >= 15 is 0 Å². The Labute approximate surface area is 137 Å². The van der Waals surface area contributed by atoms with Crippen molar-refractivity contribution in [3.63, 3.8) is 0 Å². The van der Waals surface area contributed by atoms with Crippen LogP contribution in [0, 0.1) is 0 Å². The van der Waals surface area contributed by atoms with Gasteiger partial charge in [-0.25, -0.2) is 0 Å². The average Bonchev–Trinajstić information content (AvgIpc) is 2.16. The fourth-order valence-corrected chi connectivity index (χ4v) is 5.23. The summed E-state index contributed by atoms with van der Waals surface area (Å²) >= 11 is -6.43. The van der Waals surface area contributed by atoms with Crippen LogP contribution >= 0.6 is 46.5 Å². The summed E-state index contributed by atoms with van der Waals surface area (Å²) < 4.78 is 14.9. The molecule has 0 spiro atoms. The van der Waals surface area contributed by atoms with Crippen LogP contribution in [0.3, 0.4) is 0 Å². The van der Waals surface area contributed by atoms with Crippen LogP contribution in [0.4, 0.5) is 0 Å². The first kappa shape index (κ1) is 23.0. The molecule has 0 aromatic heterocycles. The summed E-state index contributed by atoms with van der Waals surface area (Å²) in [7, 11) is 27.7. The van der Waals surface area contributed by atoms with Crippen LogP contribution in [0.5, 0.6) is 0 Å². The van der Waals surface area contributed by atoms with Crippen LogP contribution in [0.15, 0.2) is 0 Å². The Hall–Kier alpha value is 2.76. The Balaban J connectivity index is 0. The topological polar surface area (TPSA) is 27.7 Å². The van der Waals surface area contributed by atoms with Crippen molar-refractivity contribution in [2.75, 3.05) is 19.8 Å². The molecule has 18 heavy (non-hydrogen) atoms. The van der Waals surface area contributed by atoms with E-state index in [0.717, 1.165) is 12.8 Å². The molecule has 3 nitrogen and oxygen atoms in total. The molecule has 0 aromatic carbocycles. The normalized spacial score (nSPS) is 12.0. The molecule has 0 saturated heterocycles. The van der Waals surface area contributed by atoms with Crippen molar-refractivity contribution in [2.24, 2.45) is 0 Å². The quantitative estimate of drug-likeness (QED) is 0.362. The van der Waals surface area contributed by atoms with E-state index in [1.54, 1.807) is 0 Å². The second-order valence-electron chi connectivity index (χ2n) is 2.98. The van der Waals surface area contributed by atoms with Gasteiger partial charge in [-0.15, -0.1) is 0 Å². The monoisotopic (exact) mass is 434 g/mol. The van der Waals surface area contributed by atoms with Gasteiger partial charge in [0.2, 0.25) is 0 Å². The van der Waals surface area contributed by atoms with Crippen LogP contribution in [0.1, 0.15) is 33.6 Å². The van der Waals surface area contributed by atoms with E-state index in [4.69, 9.17) is 56.5 Å². The van der Waals surface area contributed by atoms with Gasteiger partial charge in [0.05, 0.1) is 0 Å². The van der Waals surface area contributed by atoms with Crippen LogP contribution < -0.4 is 0 Å². The van der Waals surface area contributed by atoms with E-state index in [2.05, 4.69) is 6.92 Å². The van der Waals surface area contributed by atoms with Gasteiger partial charge in [-0.05, 0) is 0 Å². The Morgan fingerprint density at radius 3 is 1.50 bits per heavy atom. The van der Waals surface area contributed by atoms with Crippen molar-refractivity contribution in [2.45, 2.75) is 33.6 Å². The van der Waals surface area contributed by atoms with Crippen molar-refractivity contribution in [3.8, 4) is 0 Å². The standard InChI is InChI=1S/C4H9O.2C2H5O.5ClH.2Ti/c1-2-3-4-5;2*1-2-3;;;;;;;/h2-4H2,1H3;2*2H2,1H3;5*1H;;/q3*-1;;;;;;2*+4/p-5. The predicted molar refractivity (Wildman–Crippen MR) is 73.4 cm³/mol. The summed E-state index contributed by atoms with van der Waals surface area (Å²) in [5.74, 6) is 0. The molecule has 0 amide bonds. The molecule has 112 valence electrons. The molecule has 0 fully saturated rings. The van der Waals surface area contributed by atoms with Crippen molar-refractivity contribution in [3.05, 3.63) is 0 Å². The molecule has 0 aliphatic carbocycles. The number of rotatable bonds is 8. The molecule has 0 bridgehead atoms. The second kappa shape index (κ2) is 13.4. The average molecular weight is 436 g/mol. The van der Waals surface area contributed by atoms with Gasteiger partial charge in [0.1, 0.15) is 0 Å². The molecular formula is C8H19Cl5O3Ti2. The van der Waals surface area contributed by atoms with Crippen LogP contribution in [-0.4, -0.2) is 19.8 Å². The predicted octanol–water partition coefficient (Wildman–Crippen LogP) is 5.68. The van der Waals surface area contributed by atoms with E-state index in [1.165, 1.54) is 0 Å². The molecule has 0 rings (SSSR count). The third-order valence-electron chi connectivity index (χ3n) is 1.39. The summed E-state index contributed by atoms with van der Waals surface area (Å²) in [6, 6.07) is 0. The van der Waals surface area contributed by atoms with Crippen molar-refractivity contribution in [1.29, 1.82) is 0 Å². The minimum atomic E-state index is -3.22. The first-order chi connectivity index (χ1) is 8.18. The zero-order chi connectivity index (χ0) is 14.7. The van der Waals surface area contributed by atoms with Crippen LogP contribution in [0.25, 0.3) is 0 Å². The van der Waals surface area contributed by atoms with E-state index in [0.29, 0.717) is 19.8 Å². The number of hydrogen-bond acceptors (Lipinski definition) is 3. The summed E-state index contributed by atoms with van der Waals surface area (Å²) in [6.45, 7) is 7.37. The molecule has 0 unspecified atom stereocenters. The first-order valence-corrected chi connectivity index (χ1v) is 18.2. The number of hydrogen-bond donors (Lipinski definition) is 0. The fourth-order valence-electron chi connectivity index (χ4n) is 0.710. The molecule has 0 saturated carbocycles. The van der Waals surface area contributed by atoms with Gasteiger partial charge in [-0.3, -0.25) is 0 Å². The van der Waals surface area contributed by atoms with Crippen molar-refractivity contribution >= 4 is 46.5 Å². The van der Waals surface area contributed by atoms with Crippen LogP contribution in [0.2, 0.25) is 0 Å². The summed E-state index contributed by atoms with van der Waals surface area (Å²) in [4.78, 5) is 0. The van der Waals surface area contributed by atoms with Crippen molar-refractivity contribution in [1.82, 2.24) is 0 Å². The maximum atomic E-state index is 5.64. The zero-order valence-corrected chi connectivity index (χ0v) is 17.6. The zero-order valence-electron chi connectivity index (χ0n) is 10.7. The van der Waals surface area contributed by atoms with E-state index < -0.39 is 29.0 Å². The van der Waals surface area contributed by atoms with E-state index in [-0.39, 0.29) is 0 Å². The summed E-state index contributed by atoms with van der Waals surface area (Å²) in [5, 5.41) is 0. The molecular weight excluding hydrogens is 417 g/mol. The first-order valence-electron chi connectivity index (χ1n) is 5.54. The Kier molecular flexibility index (Phi) is 17.2. The van der Waals surface area contributed by atoms with Gasteiger partial charge in [-0.1, -0.05) is 0 Å². The Bertz CT molecular complexity index is 184. The van der Waals surface area contributed by atoms with Gasteiger partial charge >= 0.3 is 139 Å². The molecule has 0 heterocycles. The molecule has 0 atom stereocenters. The summed E-state index contributed by atoms with van der Waals surface area (Å²) in [6.07, 6.45) is 2.04. The van der Waals surface area contributed by atoms with Gasteiger partial charge in [0.25, 0.3) is 0 Å². The van der Waals surface area contributed by atoms with Crippen LogP contribution in [-0.2, 0) is 39.0 Å². The van der Waals surface area contributed by atoms with Gasteiger partial charge in [0.15, 0.2) is 0 Å². The Morgan fingerprint density at radius 2 is 1.22 bits per heavy atom. The fraction of sp³-hybridized carbons (Fsp3) is 1.00. The Morgan fingerprint density at radius 1 is 0.778 bits per heavy atom. The molecule has 0 N–H and O–H groups in total. The van der Waals surface area contributed by atoms with Gasteiger partial charge < -0.3 is 0 Å². The molecule has 0 aliphatic heterocycles. The molecule has 10 heteroatoms. The van der Waals surface area contributed by atoms with Crippen molar-refractivity contribution < 1.29 is 39.0 Å². The van der Waals surface area contributed by atoms with Gasteiger partial charge in [-0.2, -0.15) is 0 Å². The number of unbranched alkanes of at least 4 members (excludes halogenated alkanes) is 1. The SMILES string of the molecule is CCCC[O][Ti]([Cl])([Cl])[Cl].CC[O][Ti]([Cl])([Cl])[O]CC. The van der Waals surface area contributed by atoms with E-state index in [1.807, 2.05) is 13.8 Å². The number of halogens is 5. The third-order valence-corrected chi connectivity index (χ3v) is 7.32. The molecule has 0 aromatic rings. The third kappa shape index (κ3) is 21.1. The van der Waals surface area contributed by atoms with E-state index in [9.17, 15) is 0 Å². The molecule has 0 aliphatic rings. The summed E-state index contributed by atoms with van der Waals surface area (Å²) in [5.41, 5.74) is 0. The maximum absolute atomic E-state index is 5.64. The minimum absolute atomic E-state index is 0.521. The second-order valence-corrected chi connectivity index (χ2v) is 21.0.